The molecule has 2 amide bonds. The smallest absolute Gasteiger partial charge is 0.269 e. The molecular weight excluding hydrogens is 320 g/mol. The zero-order chi connectivity index (χ0) is 18.6. The number of hydrogen-bond acceptors (Lipinski definition) is 4. The van der Waals surface area contributed by atoms with Crippen LogP contribution in [-0.4, -0.2) is 16.4 Å². The van der Waals surface area contributed by atoms with Crippen molar-refractivity contribution < 1.29 is 9.59 Å². The molecule has 0 atom stereocenters. The van der Waals surface area contributed by atoms with Gasteiger partial charge in [-0.15, -0.1) is 0 Å². The van der Waals surface area contributed by atoms with Gasteiger partial charge in [-0.25, -0.2) is 0 Å². The number of rotatable bonds is 4. The molecule has 0 spiro atoms. The Labute approximate surface area is 144 Å². The first-order valence-corrected chi connectivity index (χ1v) is 7.60. The summed E-state index contributed by atoms with van der Waals surface area (Å²) < 4.78 is 1.27. The minimum Gasteiger partial charge on any atom is -0.326 e. The van der Waals surface area contributed by atoms with Crippen molar-refractivity contribution in [1.29, 1.82) is 5.26 Å². The van der Waals surface area contributed by atoms with Crippen LogP contribution in [-0.2, 0) is 16.1 Å². The van der Waals surface area contributed by atoms with E-state index in [9.17, 15) is 14.4 Å². The summed E-state index contributed by atoms with van der Waals surface area (Å²) in [5.41, 5.74) is 1.93. The molecule has 128 valence electrons. The second kappa shape index (κ2) is 7.45. The van der Waals surface area contributed by atoms with Crippen molar-refractivity contribution in [3.05, 3.63) is 57.5 Å². The Balaban J connectivity index is 2.15. The van der Waals surface area contributed by atoms with Gasteiger partial charge >= 0.3 is 0 Å². The SMILES string of the molecule is CC(=O)Nc1ccc(NC(=O)Cn2c(C)cc(C)c(C#N)c2=O)cc1. The lowest BCUT2D eigenvalue weighted by Crippen LogP contribution is -2.31. The molecule has 0 unspecified atom stereocenters. The number of nitrogens with zero attached hydrogens (tertiary/aromatic N) is 2. The quantitative estimate of drug-likeness (QED) is 0.889. The molecule has 0 fully saturated rings. The third-order valence-corrected chi connectivity index (χ3v) is 3.61. The van der Waals surface area contributed by atoms with E-state index in [0.29, 0.717) is 22.6 Å². The van der Waals surface area contributed by atoms with Gasteiger partial charge in [0.05, 0.1) is 0 Å². The van der Waals surface area contributed by atoms with Crippen molar-refractivity contribution in [2.24, 2.45) is 0 Å². The number of hydrogen-bond donors (Lipinski definition) is 2. The van der Waals surface area contributed by atoms with E-state index >= 15 is 0 Å². The van der Waals surface area contributed by atoms with E-state index in [1.54, 1.807) is 44.2 Å². The molecule has 2 N–H and O–H groups in total. The molecule has 0 saturated carbocycles. The molecule has 0 bridgehead atoms. The lowest BCUT2D eigenvalue weighted by molar-refractivity contribution is -0.117. The normalized spacial score (nSPS) is 10.0. The Morgan fingerprint density at radius 3 is 2.20 bits per heavy atom. The van der Waals surface area contributed by atoms with E-state index < -0.39 is 5.56 Å². The number of amides is 2. The van der Waals surface area contributed by atoms with Gasteiger partial charge in [-0.05, 0) is 49.7 Å². The highest BCUT2D eigenvalue weighted by Gasteiger charge is 2.13. The molecule has 2 rings (SSSR count). The molecule has 0 aliphatic heterocycles. The Morgan fingerprint density at radius 2 is 1.68 bits per heavy atom. The number of benzene rings is 1. The first-order chi connectivity index (χ1) is 11.8. The number of nitrogens with one attached hydrogen (secondary N) is 2. The van der Waals surface area contributed by atoms with Gasteiger partial charge in [-0.1, -0.05) is 0 Å². The number of carbonyl (C=O) groups excluding carboxylic acids is 2. The molecule has 7 heteroatoms. The Hall–Kier alpha value is -3.40. The second-order valence-electron chi connectivity index (χ2n) is 5.65. The maximum absolute atomic E-state index is 12.3. The van der Waals surface area contributed by atoms with E-state index in [2.05, 4.69) is 10.6 Å². The lowest BCUT2D eigenvalue weighted by Gasteiger charge is -2.12. The Morgan fingerprint density at radius 1 is 1.12 bits per heavy atom. The highest BCUT2D eigenvalue weighted by atomic mass is 16.2. The molecule has 2 aromatic rings. The van der Waals surface area contributed by atoms with Gasteiger partial charge in [0.2, 0.25) is 11.8 Å². The van der Waals surface area contributed by atoms with Crippen LogP contribution < -0.4 is 16.2 Å². The van der Waals surface area contributed by atoms with Gasteiger partial charge in [0, 0.05) is 24.0 Å². The second-order valence-corrected chi connectivity index (χ2v) is 5.65. The summed E-state index contributed by atoms with van der Waals surface area (Å²) in [6.07, 6.45) is 0. The van der Waals surface area contributed by atoms with Gasteiger partial charge in [-0.2, -0.15) is 5.26 Å². The molecule has 25 heavy (non-hydrogen) atoms. The Kier molecular flexibility index (Phi) is 5.35. The van der Waals surface area contributed by atoms with Crippen LogP contribution in [0.5, 0.6) is 0 Å². The number of carbonyl (C=O) groups is 2. The summed E-state index contributed by atoms with van der Waals surface area (Å²) in [6, 6.07) is 10.2. The van der Waals surface area contributed by atoms with Crippen LogP contribution >= 0.6 is 0 Å². The minimum absolute atomic E-state index is 0.0399. The van der Waals surface area contributed by atoms with E-state index in [0.717, 1.165) is 0 Å². The summed E-state index contributed by atoms with van der Waals surface area (Å²) in [4.78, 5) is 35.5. The number of anilines is 2. The summed E-state index contributed by atoms with van der Waals surface area (Å²) in [7, 11) is 0. The molecular formula is C18H18N4O3. The monoisotopic (exact) mass is 338 g/mol. The van der Waals surface area contributed by atoms with E-state index in [1.807, 2.05) is 6.07 Å². The number of aryl methyl sites for hydroxylation is 2. The van der Waals surface area contributed by atoms with Crippen LogP contribution in [0.4, 0.5) is 11.4 Å². The molecule has 1 aromatic carbocycles. The van der Waals surface area contributed by atoms with Gasteiger partial charge in [0.15, 0.2) is 0 Å². The first-order valence-electron chi connectivity index (χ1n) is 7.60. The van der Waals surface area contributed by atoms with Crippen molar-refractivity contribution in [2.75, 3.05) is 10.6 Å². The summed E-state index contributed by atoms with van der Waals surface area (Å²) in [5.74, 6) is -0.565. The zero-order valence-electron chi connectivity index (χ0n) is 14.2. The lowest BCUT2D eigenvalue weighted by atomic mass is 10.1. The van der Waals surface area contributed by atoms with Crippen LogP contribution in [0.25, 0.3) is 0 Å². The average molecular weight is 338 g/mol. The zero-order valence-corrected chi connectivity index (χ0v) is 14.2. The molecule has 0 radical (unpaired) electrons. The fraction of sp³-hybridized carbons (Fsp3) is 0.222. The summed E-state index contributed by atoms with van der Waals surface area (Å²) in [5, 5.41) is 14.4. The van der Waals surface area contributed by atoms with Crippen LogP contribution in [0.3, 0.4) is 0 Å². The molecule has 0 saturated heterocycles. The van der Waals surface area contributed by atoms with Gasteiger partial charge < -0.3 is 15.2 Å². The van der Waals surface area contributed by atoms with E-state index in [4.69, 9.17) is 5.26 Å². The molecule has 1 heterocycles. The average Bonchev–Trinajstić information content (AvgIpc) is 2.53. The number of nitriles is 1. The van der Waals surface area contributed by atoms with Crippen LogP contribution in [0.1, 0.15) is 23.7 Å². The van der Waals surface area contributed by atoms with E-state index in [1.165, 1.54) is 11.5 Å². The van der Waals surface area contributed by atoms with Gasteiger partial charge in [0.25, 0.3) is 5.56 Å². The van der Waals surface area contributed by atoms with Crippen molar-refractivity contribution >= 4 is 23.2 Å². The van der Waals surface area contributed by atoms with Crippen LogP contribution in [0.15, 0.2) is 35.1 Å². The maximum Gasteiger partial charge on any atom is 0.269 e. The van der Waals surface area contributed by atoms with Crippen LogP contribution in [0, 0.1) is 25.2 Å². The van der Waals surface area contributed by atoms with Gasteiger partial charge in [0.1, 0.15) is 18.2 Å². The highest BCUT2D eigenvalue weighted by Crippen LogP contribution is 2.13. The van der Waals surface area contributed by atoms with Crippen molar-refractivity contribution in [2.45, 2.75) is 27.3 Å². The highest BCUT2D eigenvalue weighted by molar-refractivity contribution is 5.92. The van der Waals surface area contributed by atoms with Crippen LogP contribution in [0.2, 0.25) is 0 Å². The summed E-state index contributed by atoms with van der Waals surface area (Å²) in [6.45, 7) is 4.62. The number of pyridine rings is 1. The molecule has 0 aliphatic rings. The molecule has 1 aromatic heterocycles. The largest absolute Gasteiger partial charge is 0.326 e. The third kappa shape index (κ3) is 4.32. The predicted octanol–water partition coefficient (Wildman–Crippen LogP) is 1.93. The topological polar surface area (TPSA) is 104 Å². The molecule has 0 aliphatic carbocycles. The van der Waals surface area contributed by atoms with Gasteiger partial charge in [-0.3, -0.25) is 14.4 Å². The standard InChI is InChI=1S/C18H18N4O3/c1-11-8-12(2)22(18(25)16(11)9-19)10-17(24)21-15-6-4-14(5-7-15)20-13(3)23/h4-8H,10H2,1-3H3,(H,20,23)(H,21,24). The van der Waals surface area contributed by atoms with E-state index in [-0.39, 0.29) is 23.9 Å². The Bertz CT molecular complexity index is 921. The first kappa shape index (κ1) is 17.9. The van der Waals surface area contributed by atoms with Crippen molar-refractivity contribution in [3.8, 4) is 6.07 Å². The predicted molar refractivity (Wildman–Crippen MR) is 94.3 cm³/mol. The summed E-state index contributed by atoms with van der Waals surface area (Å²) >= 11 is 0. The third-order valence-electron chi connectivity index (χ3n) is 3.61. The fourth-order valence-corrected chi connectivity index (χ4v) is 2.44. The molecule has 7 nitrogen and oxygen atoms in total. The maximum atomic E-state index is 12.3. The minimum atomic E-state index is -0.476. The van der Waals surface area contributed by atoms with Crippen molar-refractivity contribution in [3.63, 3.8) is 0 Å². The fourth-order valence-electron chi connectivity index (χ4n) is 2.44. The van der Waals surface area contributed by atoms with Crippen molar-refractivity contribution in [1.82, 2.24) is 4.57 Å². The number of aromatic nitrogens is 1.